The smallest absolute Gasteiger partial charge is 0.191 e. The van der Waals surface area contributed by atoms with Gasteiger partial charge in [0.2, 0.25) is 0 Å². The number of hydrogen-bond acceptors (Lipinski definition) is 4. The van der Waals surface area contributed by atoms with Crippen LogP contribution in [0.25, 0.3) is 22.0 Å². The van der Waals surface area contributed by atoms with E-state index >= 15 is 0 Å². The van der Waals surface area contributed by atoms with Crippen molar-refractivity contribution >= 4 is 22.9 Å². The van der Waals surface area contributed by atoms with Gasteiger partial charge < -0.3 is 9.72 Å². The maximum atomic E-state index is 12.3. The molecule has 2 aromatic carbocycles. The van der Waals surface area contributed by atoms with Crippen molar-refractivity contribution < 1.29 is 9.53 Å². The van der Waals surface area contributed by atoms with E-state index in [0.717, 1.165) is 38.7 Å². The maximum absolute atomic E-state index is 12.3. The molecule has 150 valence electrons. The van der Waals surface area contributed by atoms with Crippen LogP contribution in [-0.2, 0) is 4.79 Å². The summed E-state index contributed by atoms with van der Waals surface area (Å²) in [5.74, 6) is 0.632. The van der Waals surface area contributed by atoms with Gasteiger partial charge in [-0.15, -0.1) is 0 Å². The molecule has 0 bridgehead atoms. The van der Waals surface area contributed by atoms with Gasteiger partial charge in [-0.3, -0.25) is 14.8 Å². The number of ketones is 1. The van der Waals surface area contributed by atoms with Crippen LogP contribution in [0.5, 0.6) is 5.75 Å². The van der Waals surface area contributed by atoms with Gasteiger partial charge in [-0.1, -0.05) is 24.3 Å². The third-order valence-corrected chi connectivity index (χ3v) is 4.86. The second-order valence-electron chi connectivity index (χ2n) is 7.32. The number of pyridine rings is 1. The van der Waals surface area contributed by atoms with E-state index in [1.165, 1.54) is 0 Å². The molecule has 0 radical (unpaired) electrons. The summed E-state index contributed by atoms with van der Waals surface area (Å²) in [6, 6.07) is 16.0. The molecule has 0 saturated heterocycles. The third kappa shape index (κ3) is 4.46. The van der Waals surface area contributed by atoms with E-state index in [2.05, 4.69) is 27.1 Å². The molecular formula is C25H23N3O2. The molecular weight excluding hydrogens is 374 g/mol. The van der Waals surface area contributed by atoms with Gasteiger partial charge in [0.1, 0.15) is 18.9 Å². The number of Topliss-reactive ketones (excluding diaryl/α,β-unsaturated/α-hetero) is 1. The number of aromatic amines is 1. The van der Waals surface area contributed by atoms with Crippen LogP contribution in [-0.4, -0.2) is 35.1 Å². The number of aromatic nitrogens is 2. The minimum Gasteiger partial charge on any atom is -0.485 e. The van der Waals surface area contributed by atoms with E-state index in [4.69, 9.17) is 4.74 Å². The van der Waals surface area contributed by atoms with Crippen LogP contribution in [0.15, 0.2) is 72.1 Å². The lowest BCUT2D eigenvalue weighted by Crippen LogP contribution is -2.15. The van der Waals surface area contributed by atoms with Crippen molar-refractivity contribution in [2.45, 2.75) is 13.8 Å². The second kappa shape index (κ2) is 8.74. The predicted octanol–water partition coefficient (Wildman–Crippen LogP) is 4.91. The highest BCUT2D eigenvalue weighted by atomic mass is 16.5. The van der Waals surface area contributed by atoms with Crippen LogP contribution in [0.4, 0.5) is 0 Å². The van der Waals surface area contributed by atoms with Gasteiger partial charge in [0, 0.05) is 41.4 Å². The molecule has 0 spiro atoms. The highest BCUT2D eigenvalue weighted by molar-refractivity contribution is 5.90. The van der Waals surface area contributed by atoms with Crippen LogP contribution in [0.3, 0.4) is 0 Å². The van der Waals surface area contributed by atoms with Crippen molar-refractivity contribution in [2.24, 2.45) is 4.99 Å². The molecule has 0 aliphatic rings. The number of fused-ring (bicyclic) bond motifs is 1. The minimum atomic E-state index is -0.0793. The Morgan fingerprint density at radius 1 is 1.17 bits per heavy atom. The largest absolute Gasteiger partial charge is 0.485 e. The van der Waals surface area contributed by atoms with Gasteiger partial charge in [-0.2, -0.15) is 0 Å². The number of benzene rings is 2. The zero-order valence-corrected chi connectivity index (χ0v) is 17.1. The molecule has 5 heteroatoms. The van der Waals surface area contributed by atoms with E-state index in [9.17, 15) is 4.79 Å². The Balaban J connectivity index is 1.42. The topological polar surface area (TPSA) is 67.3 Å². The molecule has 4 rings (SSSR count). The minimum absolute atomic E-state index is 0.0236. The van der Waals surface area contributed by atoms with Crippen LogP contribution >= 0.6 is 0 Å². The number of ether oxygens (including phenoxy) is 1. The van der Waals surface area contributed by atoms with Crippen molar-refractivity contribution in [3.63, 3.8) is 0 Å². The molecule has 0 aliphatic carbocycles. The molecule has 0 fully saturated rings. The fourth-order valence-corrected chi connectivity index (χ4v) is 3.48. The summed E-state index contributed by atoms with van der Waals surface area (Å²) in [5, 5.41) is 1.15. The predicted molar refractivity (Wildman–Crippen MR) is 120 cm³/mol. The Morgan fingerprint density at radius 2 is 2.07 bits per heavy atom. The highest BCUT2D eigenvalue weighted by Gasteiger charge is 2.12. The fraction of sp³-hybridized carbons (Fsp3) is 0.160. The molecule has 0 aliphatic heterocycles. The lowest BCUT2D eigenvalue weighted by molar-refractivity contribution is -0.119. The Morgan fingerprint density at radius 3 is 2.90 bits per heavy atom. The zero-order chi connectivity index (χ0) is 20.9. The average Bonchev–Trinajstić information content (AvgIpc) is 3.21. The normalized spacial score (nSPS) is 11.3. The van der Waals surface area contributed by atoms with Gasteiger partial charge in [0.15, 0.2) is 5.78 Å². The Bertz CT molecular complexity index is 1210. The van der Waals surface area contributed by atoms with Crippen LogP contribution < -0.4 is 4.74 Å². The molecule has 0 atom stereocenters. The van der Waals surface area contributed by atoms with Crippen molar-refractivity contribution in [3.05, 3.63) is 83.8 Å². The standard InChI is InChI=1S/C25H23N3O2/c1-17-10-18(2)25(23(11-17)21-4-3-8-26-14-21)30-16-22(29)15-27-13-19-5-6-20-7-9-28-24(20)12-19/h3-14,28H,15-16H2,1-2H3. The monoisotopic (exact) mass is 397 g/mol. The summed E-state index contributed by atoms with van der Waals surface area (Å²) in [6.45, 7) is 4.09. The Hall–Kier alpha value is -3.73. The quantitative estimate of drug-likeness (QED) is 0.450. The summed E-state index contributed by atoms with van der Waals surface area (Å²) in [5.41, 5.74) is 6.02. The van der Waals surface area contributed by atoms with Crippen molar-refractivity contribution in [2.75, 3.05) is 13.2 Å². The number of nitrogens with one attached hydrogen (secondary N) is 1. The summed E-state index contributed by atoms with van der Waals surface area (Å²) < 4.78 is 5.93. The Labute approximate surface area is 175 Å². The van der Waals surface area contributed by atoms with Gasteiger partial charge in [-0.25, -0.2) is 0 Å². The van der Waals surface area contributed by atoms with Gasteiger partial charge in [-0.05, 0) is 60.2 Å². The molecule has 0 saturated carbocycles. The summed E-state index contributed by atoms with van der Waals surface area (Å²) in [7, 11) is 0. The number of H-pyrrole nitrogens is 1. The molecule has 30 heavy (non-hydrogen) atoms. The van der Waals surface area contributed by atoms with E-state index in [1.54, 1.807) is 18.6 Å². The number of aryl methyl sites for hydroxylation is 2. The summed E-state index contributed by atoms with van der Waals surface area (Å²) in [6.07, 6.45) is 7.16. The summed E-state index contributed by atoms with van der Waals surface area (Å²) in [4.78, 5) is 24.0. The van der Waals surface area contributed by atoms with Crippen LogP contribution in [0.2, 0.25) is 0 Å². The van der Waals surface area contributed by atoms with E-state index in [0.29, 0.717) is 5.75 Å². The summed E-state index contributed by atoms with van der Waals surface area (Å²) >= 11 is 0. The van der Waals surface area contributed by atoms with Crippen LogP contribution in [0.1, 0.15) is 16.7 Å². The van der Waals surface area contributed by atoms with Crippen molar-refractivity contribution in [3.8, 4) is 16.9 Å². The van der Waals surface area contributed by atoms with Crippen molar-refractivity contribution in [1.82, 2.24) is 9.97 Å². The molecule has 1 N–H and O–H groups in total. The van der Waals surface area contributed by atoms with E-state index in [1.807, 2.05) is 56.4 Å². The molecule has 0 amide bonds. The Kier molecular flexibility index (Phi) is 5.70. The van der Waals surface area contributed by atoms with Crippen molar-refractivity contribution in [1.29, 1.82) is 0 Å². The first-order chi connectivity index (χ1) is 14.6. The third-order valence-electron chi connectivity index (χ3n) is 4.86. The molecule has 4 aromatic rings. The lowest BCUT2D eigenvalue weighted by atomic mass is 10.0. The second-order valence-corrected chi connectivity index (χ2v) is 7.32. The zero-order valence-electron chi connectivity index (χ0n) is 17.1. The molecule has 5 nitrogen and oxygen atoms in total. The van der Waals surface area contributed by atoms with E-state index < -0.39 is 0 Å². The number of nitrogens with zero attached hydrogens (tertiary/aromatic N) is 2. The first kappa shape index (κ1) is 19.6. The average molecular weight is 397 g/mol. The first-order valence-corrected chi connectivity index (χ1v) is 9.83. The number of carbonyl (C=O) groups is 1. The fourth-order valence-electron chi connectivity index (χ4n) is 3.48. The lowest BCUT2D eigenvalue weighted by Gasteiger charge is -2.15. The molecule has 0 unspecified atom stereocenters. The number of rotatable bonds is 7. The van der Waals surface area contributed by atoms with Gasteiger partial charge in [0.25, 0.3) is 0 Å². The number of carbonyl (C=O) groups excluding carboxylic acids is 1. The van der Waals surface area contributed by atoms with Gasteiger partial charge >= 0.3 is 0 Å². The number of hydrogen-bond donors (Lipinski definition) is 1. The number of aliphatic imine (C=N–C) groups is 1. The van der Waals surface area contributed by atoms with Gasteiger partial charge in [0.05, 0.1) is 0 Å². The maximum Gasteiger partial charge on any atom is 0.191 e. The first-order valence-electron chi connectivity index (χ1n) is 9.83. The molecule has 2 heterocycles. The SMILES string of the molecule is Cc1cc(C)c(OCC(=O)CN=Cc2ccc3cc[nH]c3c2)c(-c2cccnc2)c1. The molecule has 2 aromatic heterocycles. The highest BCUT2D eigenvalue weighted by Crippen LogP contribution is 2.33. The van der Waals surface area contributed by atoms with Crippen LogP contribution in [0, 0.1) is 13.8 Å². The van der Waals surface area contributed by atoms with E-state index in [-0.39, 0.29) is 18.9 Å².